The lowest BCUT2D eigenvalue weighted by Crippen LogP contribution is -2.43. The van der Waals surface area contributed by atoms with Crippen molar-refractivity contribution in [2.75, 3.05) is 0 Å². The van der Waals surface area contributed by atoms with Crippen LogP contribution in [0.15, 0.2) is 24.5 Å². The molecule has 0 saturated carbocycles. The number of carbonyl (C=O) groups excluding carboxylic acids is 1. The molecule has 4 nitrogen and oxygen atoms in total. The fraction of sp³-hybridized carbons (Fsp3) is 0.522. The van der Waals surface area contributed by atoms with E-state index in [4.69, 9.17) is 0 Å². The molecule has 5 heteroatoms. The standard InChI is InChI=1S/C23H31N3OSi/c1-16(2)28(17(3)4,18(5)6)14-11-19-15-20-21(9-7-10-22(20)27)26(19)23-24-12-8-13-25-23/h8,12-13,15-18H,7,9-10H2,1-6H3. The van der Waals surface area contributed by atoms with E-state index in [0.717, 1.165) is 29.8 Å². The van der Waals surface area contributed by atoms with Crippen LogP contribution in [0.4, 0.5) is 0 Å². The van der Waals surface area contributed by atoms with Crippen LogP contribution in [-0.4, -0.2) is 28.4 Å². The normalized spacial score (nSPS) is 14.4. The molecular formula is C23H31N3OSi. The van der Waals surface area contributed by atoms with Crippen molar-refractivity contribution < 1.29 is 4.79 Å². The molecule has 0 spiro atoms. The molecule has 3 rings (SSSR count). The second-order valence-electron chi connectivity index (χ2n) is 8.70. The summed E-state index contributed by atoms with van der Waals surface area (Å²) in [5.74, 6) is 4.33. The number of Topliss-reactive ketones (excluding diaryl/α,β-unsaturated/α-hetero) is 1. The minimum absolute atomic E-state index is 0.207. The third kappa shape index (κ3) is 3.46. The molecule has 2 aromatic heterocycles. The largest absolute Gasteiger partial charge is 0.294 e. The van der Waals surface area contributed by atoms with Crippen molar-refractivity contribution in [2.24, 2.45) is 0 Å². The lowest BCUT2D eigenvalue weighted by Gasteiger charge is -2.38. The van der Waals surface area contributed by atoms with Gasteiger partial charge >= 0.3 is 0 Å². The molecule has 0 saturated heterocycles. The highest BCUT2D eigenvalue weighted by atomic mass is 28.3. The maximum atomic E-state index is 12.5. The first-order valence-electron chi connectivity index (χ1n) is 10.4. The highest BCUT2D eigenvalue weighted by Gasteiger charge is 2.41. The van der Waals surface area contributed by atoms with E-state index in [2.05, 4.69) is 63.0 Å². The van der Waals surface area contributed by atoms with E-state index in [9.17, 15) is 4.79 Å². The average Bonchev–Trinajstić information content (AvgIpc) is 3.02. The number of hydrogen-bond donors (Lipinski definition) is 0. The van der Waals surface area contributed by atoms with Crippen LogP contribution in [0, 0.1) is 11.5 Å². The molecule has 1 aliphatic rings. The summed E-state index contributed by atoms with van der Waals surface area (Å²) >= 11 is 0. The number of rotatable bonds is 4. The fourth-order valence-electron chi connectivity index (χ4n) is 4.92. The highest BCUT2D eigenvalue weighted by Crippen LogP contribution is 2.41. The molecule has 2 heterocycles. The minimum atomic E-state index is -1.86. The molecule has 0 N–H and O–H groups in total. The van der Waals surface area contributed by atoms with E-state index >= 15 is 0 Å². The summed E-state index contributed by atoms with van der Waals surface area (Å²) in [6, 6.07) is 3.78. The lowest BCUT2D eigenvalue weighted by atomic mass is 9.97. The van der Waals surface area contributed by atoms with E-state index in [-0.39, 0.29) is 5.78 Å². The number of carbonyl (C=O) groups is 1. The van der Waals surface area contributed by atoms with Gasteiger partial charge in [-0.2, -0.15) is 0 Å². The van der Waals surface area contributed by atoms with Gasteiger partial charge in [0.05, 0.1) is 5.69 Å². The van der Waals surface area contributed by atoms with Crippen molar-refractivity contribution >= 4 is 13.9 Å². The van der Waals surface area contributed by atoms with Crippen molar-refractivity contribution in [1.82, 2.24) is 14.5 Å². The molecule has 1 aliphatic carbocycles. The molecule has 0 amide bonds. The second-order valence-corrected chi connectivity index (χ2v) is 14.3. The van der Waals surface area contributed by atoms with Crippen molar-refractivity contribution in [3.63, 3.8) is 0 Å². The molecule has 28 heavy (non-hydrogen) atoms. The van der Waals surface area contributed by atoms with E-state index in [0.29, 0.717) is 29.0 Å². The molecule has 0 fully saturated rings. The molecule has 2 aromatic rings. The first kappa shape index (κ1) is 20.5. The van der Waals surface area contributed by atoms with Crippen LogP contribution in [0.1, 0.15) is 76.1 Å². The van der Waals surface area contributed by atoms with Gasteiger partial charge in [0.25, 0.3) is 0 Å². The predicted molar refractivity (Wildman–Crippen MR) is 117 cm³/mol. The Bertz CT molecular complexity index is 895. The maximum absolute atomic E-state index is 12.5. The monoisotopic (exact) mass is 393 g/mol. The van der Waals surface area contributed by atoms with Gasteiger partial charge in [-0.05, 0) is 41.6 Å². The zero-order valence-electron chi connectivity index (χ0n) is 17.9. The summed E-state index contributed by atoms with van der Waals surface area (Å²) in [4.78, 5) is 21.4. The zero-order chi connectivity index (χ0) is 20.5. The quantitative estimate of drug-likeness (QED) is 0.519. The summed E-state index contributed by atoms with van der Waals surface area (Å²) in [6.45, 7) is 13.9. The smallest absolute Gasteiger partial charge is 0.234 e. The van der Waals surface area contributed by atoms with Gasteiger partial charge in [0.1, 0.15) is 8.07 Å². The van der Waals surface area contributed by atoms with Crippen molar-refractivity contribution in [1.29, 1.82) is 0 Å². The Morgan fingerprint density at radius 2 is 1.61 bits per heavy atom. The average molecular weight is 394 g/mol. The van der Waals surface area contributed by atoms with Crippen LogP contribution in [0.25, 0.3) is 5.95 Å². The topological polar surface area (TPSA) is 47.8 Å². The van der Waals surface area contributed by atoms with Gasteiger partial charge in [-0.1, -0.05) is 47.5 Å². The molecule has 0 aliphatic heterocycles. The molecule has 0 unspecified atom stereocenters. The van der Waals surface area contributed by atoms with Gasteiger partial charge < -0.3 is 0 Å². The third-order valence-corrected chi connectivity index (χ3v) is 12.5. The van der Waals surface area contributed by atoms with Crippen LogP contribution in [0.3, 0.4) is 0 Å². The summed E-state index contributed by atoms with van der Waals surface area (Å²) < 4.78 is 2.01. The van der Waals surface area contributed by atoms with Crippen molar-refractivity contribution in [3.8, 4) is 17.4 Å². The van der Waals surface area contributed by atoms with Gasteiger partial charge in [0, 0.05) is 30.1 Å². The molecule has 0 bridgehead atoms. The van der Waals surface area contributed by atoms with Crippen molar-refractivity contribution in [3.05, 3.63) is 41.5 Å². The third-order valence-electron chi connectivity index (χ3n) is 6.25. The Hall–Kier alpha value is -2.19. The fourth-order valence-corrected chi connectivity index (χ4v) is 10.1. The van der Waals surface area contributed by atoms with Crippen LogP contribution >= 0.6 is 0 Å². The van der Waals surface area contributed by atoms with Gasteiger partial charge in [-0.15, -0.1) is 5.54 Å². The van der Waals surface area contributed by atoms with Crippen molar-refractivity contribution in [2.45, 2.75) is 77.4 Å². The molecule has 0 radical (unpaired) electrons. The molecule has 0 atom stereocenters. The zero-order valence-corrected chi connectivity index (χ0v) is 18.9. The Labute approximate surface area is 169 Å². The van der Waals surface area contributed by atoms with Crippen LogP contribution in [0.2, 0.25) is 16.6 Å². The van der Waals surface area contributed by atoms with Crippen LogP contribution in [0.5, 0.6) is 0 Å². The number of fused-ring (bicyclic) bond motifs is 1. The minimum Gasteiger partial charge on any atom is -0.294 e. The van der Waals surface area contributed by atoms with E-state index < -0.39 is 8.07 Å². The Balaban J connectivity index is 2.21. The number of nitrogens with zero attached hydrogens (tertiary/aromatic N) is 3. The summed E-state index contributed by atoms with van der Waals surface area (Å²) in [6.07, 6.45) is 5.83. The first-order valence-corrected chi connectivity index (χ1v) is 12.6. The van der Waals surface area contributed by atoms with Gasteiger partial charge in [-0.25, -0.2) is 9.97 Å². The lowest BCUT2D eigenvalue weighted by molar-refractivity contribution is 0.0972. The van der Waals surface area contributed by atoms with E-state index in [1.807, 2.05) is 16.7 Å². The predicted octanol–water partition coefficient (Wildman–Crippen LogP) is 5.36. The molecule has 148 valence electrons. The Morgan fingerprint density at radius 1 is 1.00 bits per heavy atom. The molecular weight excluding hydrogens is 362 g/mol. The summed E-state index contributed by atoms with van der Waals surface area (Å²) in [7, 11) is -1.86. The summed E-state index contributed by atoms with van der Waals surface area (Å²) in [5.41, 5.74) is 8.13. The van der Waals surface area contributed by atoms with Gasteiger partial charge in [0.2, 0.25) is 5.95 Å². The Morgan fingerprint density at radius 3 is 2.18 bits per heavy atom. The SMILES string of the molecule is CC(C)[Si](C#Cc1cc2c(n1-c1ncccn1)CCCC2=O)(C(C)C)C(C)C. The number of ketones is 1. The number of hydrogen-bond acceptors (Lipinski definition) is 3. The Kier molecular flexibility index (Phi) is 5.90. The second kappa shape index (κ2) is 8.04. The van der Waals surface area contributed by atoms with Gasteiger partial charge in [-0.3, -0.25) is 9.36 Å². The summed E-state index contributed by atoms with van der Waals surface area (Å²) in [5, 5.41) is 0. The van der Waals surface area contributed by atoms with Gasteiger partial charge in [0.15, 0.2) is 5.78 Å². The highest BCUT2D eigenvalue weighted by molar-refractivity contribution is 6.90. The van der Waals surface area contributed by atoms with E-state index in [1.54, 1.807) is 12.4 Å². The van der Waals surface area contributed by atoms with Crippen LogP contribution < -0.4 is 0 Å². The molecule has 0 aromatic carbocycles. The van der Waals surface area contributed by atoms with Crippen LogP contribution in [-0.2, 0) is 6.42 Å². The maximum Gasteiger partial charge on any atom is 0.234 e. The van der Waals surface area contributed by atoms with E-state index in [1.165, 1.54) is 0 Å². The number of aromatic nitrogens is 3. The first-order chi connectivity index (χ1) is 13.3.